The van der Waals surface area contributed by atoms with Crippen molar-refractivity contribution in [3.8, 4) is 0 Å². The molecule has 0 bridgehead atoms. The number of hydrogen-bond acceptors (Lipinski definition) is 18. The van der Waals surface area contributed by atoms with Crippen LogP contribution in [0.1, 0.15) is 26.3 Å². The van der Waals surface area contributed by atoms with E-state index in [-0.39, 0.29) is 18.1 Å². The van der Waals surface area contributed by atoms with Gasteiger partial charge in [-0.3, -0.25) is 4.52 Å². The maximum atomic E-state index is 11.9. The van der Waals surface area contributed by atoms with Gasteiger partial charge in [-0.05, 0) is 32.0 Å². The number of aliphatic hydroxyl groups is 5. The second-order valence-corrected chi connectivity index (χ2v) is 16.5. The minimum atomic E-state index is -5.71. The summed E-state index contributed by atoms with van der Waals surface area (Å²) in [5.41, 5.74) is 9.50. The molecule has 4 aromatic heterocycles. The number of ether oxygens (including phenoxy) is 2. The van der Waals surface area contributed by atoms with E-state index in [2.05, 4.69) is 28.1 Å². The number of fused-ring (bicyclic) bond motifs is 2. The first-order valence-corrected chi connectivity index (χ1v) is 19.3. The third kappa shape index (κ3) is 8.09. The molecule has 0 aliphatic carbocycles. The van der Waals surface area contributed by atoms with E-state index in [1.54, 1.807) is 29.1 Å². The molecule has 2 aliphatic rings. The molecule has 24 nitrogen and oxygen atoms in total. The van der Waals surface area contributed by atoms with Crippen LogP contribution in [0.5, 0.6) is 0 Å². The van der Waals surface area contributed by atoms with Crippen molar-refractivity contribution in [3.63, 3.8) is 0 Å². The average molecular weight is 800 g/mol. The molecule has 2 saturated heterocycles. The molecule has 2 fully saturated rings. The van der Waals surface area contributed by atoms with Crippen LogP contribution in [0, 0.1) is 0 Å². The average Bonchev–Trinajstić information content (AvgIpc) is 3.75. The van der Waals surface area contributed by atoms with E-state index in [9.17, 15) is 44.1 Å². The molecule has 0 saturated carbocycles. The Bertz CT molecular complexity index is 2070. The molecule has 52 heavy (non-hydrogen) atoms. The van der Waals surface area contributed by atoms with Gasteiger partial charge < -0.3 is 75.2 Å². The van der Waals surface area contributed by atoms with Crippen LogP contribution in [0.2, 0.25) is 0 Å². The van der Waals surface area contributed by atoms with Crippen molar-refractivity contribution >= 4 is 57.0 Å². The van der Waals surface area contributed by atoms with Crippen molar-refractivity contribution in [1.29, 1.82) is 0 Å². The third-order valence-corrected chi connectivity index (χ3v) is 12.0. The standard InChI is InChI=1S/C13H17N3O4.C12H19N4O13P3/c1-13(19)10(18)9(6-17)20-12(13)16-5-3-7-8(14)2-4-15-11(7)16;1-12(18)8(17)7(4-26-31(22,23)29-32(24,25)28-30(19,20)21)27-11(12)16-3-2-6-9(13)14-5-15-10(6)16/h2-5,9-10,12,17-19H,6H2,1H3,(H2,14,15);2-3,5,7-8,11,17-18H,4H2,1H3,(H,22,23)(H,24,25)(H2,13,14,15)(H2,19,20,21)/t9-,10+,12-,13?;7-,8+,11-,12?/m11/s1. The number of nitrogens with zero attached hydrogens (tertiary/aromatic N) is 5. The van der Waals surface area contributed by atoms with Crippen molar-refractivity contribution in [2.24, 2.45) is 0 Å². The number of aliphatic hydroxyl groups excluding tert-OH is 3. The summed E-state index contributed by atoms with van der Waals surface area (Å²) >= 11 is 0. The van der Waals surface area contributed by atoms with Crippen LogP contribution in [0.4, 0.5) is 11.5 Å². The molecular weight excluding hydrogens is 763 g/mol. The van der Waals surface area contributed by atoms with Crippen LogP contribution in [0.3, 0.4) is 0 Å². The Labute approximate surface area is 292 Å². The zero-order valence-corrected chi connectivity index (χ0v) is 29.6. The monoisotopic (exact) mass is 799 g/mol. The minimum Gasteiger partial charge on any atom is -0.398 e. The molecule has 0 radical (unpaired) electrons. The maximum Gasteiger partial charge on any atom is 0.490 e. The lowest BCUT2D eigenvalue weighted by atomic mass is 9.96. The van der Waals surface area contributed by atoms with Gasteiger partial charge in [0.05, 0.1) is 18.6 Å². The Morgan fingerprint density at radius 3 is 1.90 bits per heavy atom. The molecule has 0 amide bonds. The fraction of sp³-hybridized carbons (Fsp3) is 0.480. The second kappa shape index (κ2) is 14.4. The molecule has 13 N–H and O–H groups in total. The lowest BCUT2D eigenvalue weighted by Gasteiger charge is -2.27. The number of hydrogen-bond donors (Lipinski definition) is 11. The number of nitrogen functional groups attached to an aromatic ring is 2. The Balaban J connectivity index is 0.000000223. The highest BCUT2D eigenvalue weighted by Gasteiger charge is 2.55. The van der Waals surface area contributed by atoms with Gasteiger partial charge in [0.2, 0.25) is 0 Å². The first-order valence-electron chi connectivity index (χ1n) is 14.8. The zero-order chi connectivity index (χ0) is 38.6. The molecular formula is C25H36N7O17P3. The van der Waals surface area contributed by atoms with Gasteiger partial charge in [0, 0.05) is 29.7 Å². The molecule has 4 unspecified atom stereocenters. The van der Waals surface area contributed by atoms with Crippen LogP contribution in [-0.2, 0) is 36.3 Å². The van der Waals surface area contributed by atoms with Gasteiger partial charge in [-0.15, -0.1) is 0 Å². The normalized spacial score (nSPS) is 31.7. The van der Waals surface area contributed by atoms with Crippen molar-refractivity contribution < 1.29 is 81.4 Å². The summed E-state index contributed by atoms with van der Waals surface area (Å²) in [6.07, 6.45) is -1.43. The van der Waals surface area contributed by atoms with Gasteiger partial charge in [-0.2, -0.15) is 8.62 Å². The van der Waals surface area contributed by atoms with E-state index in [1.807, 2.05) is 0 Å². The third-order valence-electron chi connectivity index (χ3n) is 8.20. The number of pyridine rings is 1. The van der Waals surface area contributed by atoms with E-state index in [4.69, 9.17) is 35.6 Å². The first-order chi connectivity index (χ1) is 24.0. The number of rotatable bonds is 10. The van der Waals surface area contributed by atoms with E-state index in [1.165, 1.54) is 37.0 Å². The van der Waals surface area contributed by atoms with E-state index in [0.717, 1.165) is 5.39 Å². The lowest BCUT2D eigenvalue weighted by Crippen LogP contribution is -2.44. The SMILES string of the molecule is CC1(O)[C@@H](O)[C@@H](CO)O[C@H]1n1ccc2c(N)ccnc21.CC1(O)[C@@H](O)[C@@H](COP(=O)(O)OP(=O)(O)OP(=O)(O)O)O[C@H]1n1ccc2c(N)ncnc21. The highest BCUT2D eigenvalue weighted by atomic mass is 31.3. The summed E-state index contributed by atoms with van der Waals surface area (Å²) in [6.45, 7) is 1.36. The number of aromatic nitrogens is 5. The quantitative estimate of drug-likeness (QED) is 0.0856. The predicted molar refractivity (Wildman–Crippen MR) is 174 cm³/mol. The van der Waals surface area contributed by atoms with Crippen LogP contribution < -0.4 is 11.5 Å². The molecule has 4 aromatic rings. The fourth-order valence-corrected chi connectivity index (χ4v) is 8.72. The fourth-order valence-electron chi connectivity index (χ4n) is 5.69. The molecule has 0 aromatic carbocycles. The van der Waals surface area contributed by atoms with E-state index < -0.39 is 78.1 Å². The van der Waals surface area contributed by atoms with Gasteiger partial charge in [0.15, 0.2) is 12.5 Å². The van der Waals surface area contributed by atoms with E-state index >= 15 is 0 Å². The molecule has 0 spiro atoms. The zero-order valence-electron chi connectivity index (χ0n) is 26.9. The number of phosphoric acid groups is 3. The smallest absolute Gasteiger partial charge is 0.398 e. The number of phosphoric ester groups is 1. The predicted octanol–water partition coefficient (Wildman–Crippen LogP) is -1.01. The Kier molecular flexibility index (Phi) is 11.1. The van der Waals surface area contributed by atoms with Gasteiger partial charge in [0.25, 0.3) is 0 Å². The molecule has 6 heterocycles. The summed E-state index contributed by atoms with van der Waals surface area (Å²) in [6, 6.07) is 5.00. The molecule has 288 valence electrons. The van der Waals surface area contributed by atoms with E-state index in [0.29, 0.717) is 16.7 Å². The Hall–Kier alpha value is -2.96. The highest BCUT2D eigenvalue weighted by molar-refractivity contribution is 7.66. The van der Waals surface area contributed by atoms with Crippen molar-refractivity contribution in [1.82, 2.24) is 24.1 Å². The van der Waals surface area contributed by atoms with Crippen LogP contribution >= 0.6 is 23.5 Å². The maximum absolute atomic E-state index is 11.9. The van der Waals surface area contributed by atoms with Gasteiger partial charge in [-0.1, -0.05) is 0 Å². The summed E-state index contributed by atoms with van der Waals surface area (Å²) in [5, 5.41) is 52.0. The van der Waals surface area contributed by atoms with Crippen molar-refractivity contribution in [3.05, 3.63) is 43.1 Å². The van der Waals surface area contributed by atoms with Gasteiger partial charge in [0.1, 0.15) is 59.1 Å². The highest BCUT2D eigenvalue weighted by Crippen LogP contribution is 2.66. The van der Waals surface area contributed by atoms with Gasteiger partial charge in [-0.25, -0.2) is 28.6 Å². The minimum absolute atomic E-state index is 0.149. The van der Waals surface area contributed by atoms with Crippen LogP contribution in [0.25, 0.3) is 22.1 Å². The topological polar surface area (TPSA) is 380 Å². The summed E-state index contributed by atoms with van der Waals surface area (Å²) in [4.78, 5) is 47.9. The summed E-state index contributed by atoms with van der Waals surface area (Å²) in [7, 11) is -16.7. The molecule has 27 heteroatoms. The summed E-state index contributed by atoms with van der Waals surface area (Å²) < 4.78 is 59.6. The lowest BCUT2D eigenvalue weighted by molar-refractivity contribution is -0.0948. The number of anilines is 2. The summed E-state index contributed by atoms with van der Waals surface area (Å²) in [5.74, 6) is 0.149. The first kappa shape index (κ1) is 40.2. The Morgan fingerprint density at radius 1 is 0.808 bits per heavy atom. The van der Waals surface area contributed by atoms with Crippen LogP contribution in [-0.4, -0.2) is 118 Å². The number of nitrogens with two attached hydrogens (primary N) is 2. The largest absolute Gasteiger partial charge is 0.490 e. The van der Waals surface area contributed by atoms with Crippen molar-refractivity contribution in [2.45, 2.75) is 61.9 Å². The molecule has 2 aliphatic heterocycles. The second-order valence-electron chi connectivity index (χ2n) is 12.0. The van der Waals surface area contributed by atoms with Gasteiger partial charge >= 0.3 is 23.5 Å². The molecule has 6 rings (SSSR count). The molecule has 10 atom stereocenters. The van der Waals surface area contributed by atoms with Crippen molar-refractivity contribution in [2.75, 3.05) is 24.7 Å². The Morgan fingerprint density at radius 2 is 1.35 bits per heavy atom. The van der Waals surface area contributed by atoms with Crippen LogP contribution in [0.15, 0.2) is 43.1 Å².